The lowest BCUT2D eigenvalue weighted by molar-refractivity contribution is -0.114. The number of methoxy groups -OCH3 is 1. The van der Waals surface area contributed by atoms with Gasteiger partial charge in [0.25, 0.3) is 0 Å². The maximum Gasteiger partial charge on any atom is 0.338 e. The van der Waals surface area contributed by atoms with Crippen LogP contribution in [0.25, 0.3) is 0 Å². The monoisotopic (exact) mass is 475 g/mol. The fourth-order valence-electron chi connectivity index (χ4n) is 3.51. The molecule has 0 radical (unpaired) electrons. The van der Waals surface area contributed by atoms with E-state index in [-0.39, 0.29) is 23.0 Å². The SMILES string of the molecule is CCOC(=O)c1ccc(NCC(=O)Nc2cc(S(=O)(=O)N3CCCCC3)ccc2OC)cc1. The molecule has 9 nitrogen and oxygen atoms in total. The summed E-state index contributed by atoms with van der Waals surface area (Å²) in [4.78, 5) is 24.3. The molecule has 1 aliphatic rings. The molecule has 0 unspecified atom stereocenters. The van der Waals surface area contributed by atoms with Crippen LogP contribution in [-0.4, -0.2) is 58.0 Å². The third-order valence-electron chi connectivity index (χ3n) is 5.25. The summed E-state index contributed by atoms with van der Waals surface area (Å²) in [5.41, 5.74) is 1.34. The first-order valence-electron chi connectivity index (χ1n) is 10.8. The van der Waals surface area contributed by atoms with E-state index in [1.54, 1.807) is 31.2 Å². The van der Waals surface area contributed by atoms with Crippen LogP contribution in [0.3, 0.4) is 0 Å². The fourth-order valence-corrected chi connectivity index (χ4v) is 5.06. The smallest absolute Gasteiger partial charge is 0.338 e. The number of carbonyl (C=O) groups is 2. The van der Waals surface area contributed by atoms with Crippen LogP contribution in [-0.2, 0) is 19.6 Å². The molecule has 33 heavy (non-hydrogen) atoms. The van der Waals surface area contributed by atoms with Gasteiger partial charge >= 0.3 is 5.97 Å². The van der Waals surface area contributed by atoms with Crippen LogP contribution in [0.1, 0.15) is 36.5 Å². The van der Waals surface area contributed by atoms with Crippen LogP contribution < -0.4 is 15.4 Å². The van der Waals surface area contributed by atoms with Crippen molar-refractivity contribution in [3.8, 4) is 5.75 Å². The number of anilines is 2. The average Bonchev–Trinajstić information content (AvgIpc) is 2.83. The summed E-state index contributed by atoms with van der Waals surface area (Å²) in [5, 5.41) is 5.68. The molecule has 1 saturated heterocycles. The maximum atomic E-state index is 13.0. The van der Waals surface area contributed by atoms with E-state index in [1.807, 2.05) is 0 Å². The van der Waals surface area contributed by atoms with E-state index >= 15 is 0 Å². The third kappa shape index (κ3) is 6.23. The van der Waals surface area contributed by atoms with Gasteiger partial charge in [0.15, 0.2) is 0 Å². The van der Waals surface area contributed by atoms with E-state index < -0.39 is 16.0 Å². The van der Waals surface area contributed by atoms with Gasteiger partial charge in [0.1, 0.15) is 5.75 Å². The van der Waals surface area contributed by atoms with Crippen molar-refractivity contribution >= 4 is 33.3 Å². The van der Waals surface area contributed by atoms with Crippen LogP contribution in [0, 0.1) is 0 Å². The number of hydrogen-bond donors (Lipinski definition) is 2. The number of amides is 1. The second kappa shape index (κ2) is 11.2. The third-order valence-corrected chi connectivity index (χ3v) is 7.14. The first kappa shape index (κ1) is 24.5. The normalized spacial score (nSPS) is 14.4. The average molecular weight is 476 g/mol. The molecule has 178 valence electrons. The molecule has 0 saturated carbocycles. The van der Waals surface area contributed by atoms with Crippen molar-refractivity contribution in [3.63, 3.8) is 0 Å². The number of ether oxygens (including phenoxy) is 2. The predicted octanol–water partition coefficient (Wildman–Crippen LogP) is 3.10. The predicted molar refractivity (Wildman–Crippen MR) is 125 cm³/mol. The number of sulfonamides is 1. The van der Waals surface area contributed by atoms with E-state index in [0.29, 0.717) is 36.7 Å². The Bertz CT molecular complexity index is 1080. The number of piperidine rings is 1. The summed E-state index contributed by atoms with van der Waals surface area (Å²) < 4.78 is 37.7. The zero-order valence-corrected chi connectivity index (χ0v) is 19.6. The summed E-state index contributed by atoms with van der Waals surface area (Å²) in [7, 11) is -2.19. The number of nitrogens with zero attached hydrogens (tertiary/aromatic N) is 1. The quantitative estimate of drug-likeness (QED) is 0.536. The standard InChI is InChI=1S/C23H29N3O6S/c1-3-32-23(28)17-7-9-18(10-8-17)24-16-22(27)25-20-15-19(11-12-21(20)31-2)33(29,30)26-13-5-4-6-14-26/h7-12,15,24H,3-6,13-14,16H2,1-2H3,(H,25,27). The number of rotatable bonds is 9. The van der Waals surface area contributed by atoms with Gasteiger partial charge in [-0.3, -0.25) is 4.79 Å². The molecule has 0 atom stereocenters. The largest absolute Gasteiger partial charge is 0.495 e. The molecule has 1 amide bonds. The number of hydrogen-bond acceptors (Lipinski definition) is 7. The van der Waals surface area contributed by atoms with Gasteiger partial charge in [-0.2, -0.15) is 4.31 Å². The molecule has 0 bridgehead atoms. The van der Waals surface area contributed by atoms with Crippen LogP contribution >= 0.6 is 0 Å². The minimum absolute atomic E-state index is 0.0645. The highest BCUT2D eigenvalue weighted by Crippen LogP contribution is 2.30. The lowest BCUT2D eigenvalue weighted by Gasteiger charge is -2.26. The van der Waals surface area contributed by atoms with Crippen molar-refractivity contribution in [2.24, 2.45) is 0 Å². The fraction of sp³-hybridized carbons (Fsp3) is 0.391. The van der Waals surface area contributed by atoms with E-state index in [1.165, 1.54) is 29.6 Å². The summed E-state index contributed by atoms with van der Waals surface area (Å²) in [6.45, 7) is 2.96. The van der Waals surface area contributed by atoms with Crippen molar-refractivity contribution < 1.29 is 27.5 Å². The first-order chi connectivity index (χ1) is 15.8. The highest BCUT2D eigenvalue weighted by molar-refractivity contribution is 7.89. The highest BCUT2D eigenvalue weighted by atomic mass is 32.2. The summed E-state index contributed by atoms with van der Waals surface area (Å²) >= 11 is 0. The lowest BCUT2D eigenvalue weighted by Crippen LogP contribution is -2.35. The van der Waals surface area contributed by atoms with Crippen molar-refractivity contribution in [2.75, 3.05) is 44.0 Å². The zero-order valence-electron chi connectivity index (χ0n) is 18.8. The summed E-state index contributed by atoms with van der Waals surface area (Å²) in [5.74, 6) is -0.428. The molecule has 3 rings (SSSR count). The van der Waals surface area contributed by atoms with Gasteiger partial charge in [-0.15, -0.1) is 0 Å². The molecule has 2 aromatic rings. The maximum absolute atomic E-state index is 13.0. The Morgan fingerprint density at radius 1 is 1.03 bits per heavy atom. The molecule has 0 aliphatic carbocycles. The van der Waals surface area contributed by atoms with E-state index in [9.17, 15) is 18.0 Å². The van der Waals surface area contributed by atoms with Crippen molar-refractivity contribution in [2.45, 2.75) is 31.1 Å². The molecule has 0 spiro atoms. The highest BCUT2D eigenvalue weighted by Gasteiger charge is 2.27. The molecular formula is C23H29N3O6S. The van der Waals surface area contributed by atoms with Crippen LogP contribution in [0.15, 0.2) is 47.4 Å². The number of benzene rings is 2. The van der Waals surface area contributed by atoms with Gasteiger partial charge in [-0.25, -0.2) is 13.2 Å². The molecule has 1 fully saturated rings. The van der Waals surface area contributed by atoms with E-state index in [0.717, 1.165) is 19.3 Å². The van der Waals surface area contributed by atoms with Crippen molar-refractivity contribution in [3.05, 3.63) is 48.0 Å². The Kier molecular flexibility index (Phi) is 8.29. The van der Waals surface area contributed by atoms with Gasteiger partial charge in [0.2, 0.25) is 15.9 Å². The molecule has 2 N–H and O–H groups in total. The van der Waals surface area contributed by atoms with Gasteiger partial charge < -0.3 is 20.1 Å². The van der Waals surface area contributed by atoms with E-state index in [2.05, 4.69) is 10.6 Å². The molecule has 0 aromatic heterocycles. The van der Waals surface area contributed by atoms with Gasteiger partial charge in [0, 0.05) is 18.8 Å². The molecular weight excluding hydrogens is 446 g/mol. The molecule has 1 aliphatic heterocycles. The summed E-state index contributed by atoms with van der Waals surface area (Å²) in [6.07, 6.45) is 2.70. The number of esters is 1. The van der Waals surface area contributed by atoms with E-state index in [4.69, 9.17) is 9.47 Å². The van der Waals surface area contributed by atoms with Crippen molar-refractivity contribution in [1.29, 1.82) is 0 Å². The summed E-state index contributed by atoms with van der Waals surface area (Å²) in [6, 6.07) is 11.0. The Balaban J connectivity index is 1.66. The first-order valence-corrected chi connectivity index (χ1v) is 12.3. The Morgan fingerprint density at radius 2 is 1.73 bits per heavy atom. The van der Waals surface area contributed by atoms with Crippen LogP contribution in [0.4, 0.5) is 11.4 Å². The minimum Gasteiger partial charge on any atom is -0.495 e. The zero-order chi connectivity index (χ0) is 23.8. The lowest BCUT2D eigenvalue weighted by atomic mass is 10.2. The van der Waals surface area contributed by atoms with Gasteiger partial charge in [0.05, 0.1) is 36.4 Å². The number of carbonyl (C=O) groups excluding carboxylic acids is 2. The van der Waals surface area contributed by atoms with Crippen molar-refractivity contribution in [1.82, 2.24) is 4.31 Å². The molecule has 2 aromatic carbocycles. The second-order valence-electron chi connectivity index (χ2n) is 7.53. The number of nitrogens with one attached hydrogen (secondary N) is 2. The Morgan fingerprint density at radius 3 is 2.36 bits per heavy atom. The van der Waals surface area contributed by atoms with Crippen LogP contribution in [0.5, 0.6) is 5.75 Å². The van der Waals surface area contributed by atoms with Gasteiger partial charge in [-0.1, -0.05) is 6.42 Å². The Hall–Kier alpha value is -3.11. The van der Waals surface area contributed by atoms with Crippen LogP contribution in [0.2, 0.25) is 0 Å². The molecule has 10 heteroatoms. The topological polar surface area (TPSA) is 114 Å². The second-order valence-corrected chi connectivity index (χ2v) is 9.46. The van der Waals surface area contributed by atoms with Gasteiger partial charge in [-0.05, 0) is 62.2 Å². The molecule has 1 heterocycles. The Labute approximate surface area is 194 Å². The minimum atomic E-state index is -3.64.